The molecule has 3 rings (SSSR count). The molecule has 23 heavy (non-hydrogen) atoms. The van der Waals surface area contributed by atoms with E-state index in [1.807, 2.05) is 36.0 Å². The molecule has 1 fully saturated rings. The number of aromatic nitrogens is 2. The third kappa shape index (κ3) is 4.20. The van der Waals surface area contributed by atoms with E-state index in [1.165, 1.54) is 23.3 Å². The van der Waals surface area contributed by atoms with E-state index in [-0.39, 0.29) is 5.91 Å². The molecule has 122 valence electrons. The smallest absolute Gasteiger partial charge is 0.280 e. The molecule has 1 amide bonds. The first-order valence-corrected chi connectivity index (χ1v) is 8.41. The maximum atomic E-state index is 12.3. The van der Waals surface area contributed by atoms with Crippen molar-refractivity contribution in [3.8, 4) is 0 Å². The number of carbonyl (C=O) groups is 1. The summed E-state index contributed by atoms with van der Waals surface area (Å²) in [7, 11) is 2.04. The predicted molar refractivity (Wildman–Crippen MR) is 90.3 cm³/mol. The van der Waals surface area contributed by atoms with Gasteiger partial charge >= 0.3 is 0 Å². The summed E-state index contributed by atoms with van der Waals surface area (Å²) in [6.07, 6.45) is 6.59. The van der Waals surface area contributed by atoms with Crippen LogP contribution in [0.2, 0.25) is 0 Å². The van der Waals surface area contributed by atoms with Gasteiger partial charge in [0.2, 0.25) is 0 Å². The van der Waals surface area contributed by atoms with Gasteiger partial charge < -0.3 is 10.2 Å². The van der Waals surface area contributed by atoms with Crippen LogP contribution in [0.5, 0.6) is 0 Å². The van der Waals surface area contributed by atoms with Crippen LogP contribution in [0.25, 0.3) is 0 Å². The molecule has 5 heteroatoms. The van der Waals surface area contributed by atoms with Crippen LogP contribution in [0.3, 0.4) is 0 Å². The number of amides is 1. The summed E-state index contributed by atoms with van der Waals surface area (Å²) in [6.45, 7) is 1.29. The second-order valence-electron chi connectivity index (χ2n) is 6.44. The van der Waals surface area contributed by atoms with Crippen molar-refractivity contribution in [3.63, 3.8) is 0 Å². The lowest BCUT2D eigenvalue weighted by Crippen LogP contribution is -3.08. The predicted octanol–water partition coefficient (Wildman–Crippen LogP) is 1.65. The zero-order valence-electron chi connectivity index (χ0n) is 13.7. The van der Waals surface area contributed by atoms with Crippen molar-refractivity contribution < 1.29 is 9.69 Å². The fraction of sp³-hybridized carbons (Fsp3) is 0.444. The van der Waals surface area contributed by atoms with E-state index in [2.05, 4.69) is 22.5 Å². The molecule has 1 aromatic carbocycles. The minimum Gasteiger partial charge on any atom is -0.326 e. The zero-order valence-corrected chi connectivity index (χ0v) is 13.7. The second kappa shape index (κ2) is 7.42. The molecular formula is C18H25N4O+. The largest absolute Gasteiger partial charge is 0.326 e. The summed E-state index contributed by atoms with van der Waals surface area (Å²) in [5, 5.41) is 7.42. The molecule has 1 saturated carbocycles. The molecule has 0 bridgehead atoms. The van der Waals surface area contributed by atoms with E-state index < -0.39 is 0 Å². The van der Waals surface area contributed by atoms with Gasteiger partial charge in [-0.15, -0.1) is 0 Å². The Bertz CT molecular complexity index is 631. The van der Waals surface area contributed by atoms with Crippen molar-refractivity contribution in [1.29, 1.82) is 0 Å². The van der Waals surface area contributed by atoms with Crippen LogP contribution in [0, 0.1) is 0 Å². The van der Waals surface area contributed by atoms with Gasteiger partial charge in [-0.2, -0.15) is 5.10 Å². The average Bonchev–Trinajstić information content (AvgIpc) is 3.18. The number of hydrogen-bond donors (Lipinski definition) is 2. The van der Waals surface area contributed by atoms with Crippen molar-refractivity contribution in [2.24, 2.45) is 0 Å². The molecule has 1 unspecified atom stereocenters. The highest BCUT2D eigenvalue weighted by Crippen LogP contribution is 2.31. The summed E-state index contributed by atoms with van der Waals surface area (Å²) >= 11 is 0. The number of benzene rings is 1. The van der Waals surface area contributed by atoms with E-state index in [4.69, 9.17) is 0 Å². The molecule has 1 heterocycles. The molecule has 0 radical (unpaired) electrons. The highest BCUT2D eigenvalue weighted by Gasteiger charge is 2.21. The summed E-state index contributed by atoms with van der Waals surface area (Å²) in [6, 6.07) is 12.6. The van der Waals surface area contributed by atoms with Crippen LogP contribution in [0.15, 0.2) is 42.6 Å². The first kappa shape index (κ1) is 15.7. The Kier molecular flexibility index (Phi) is 5.08. The Morgan fingerprint density at radius 1 is 1.26 bits per heavy atom. The van der Waals surface area contributed by atoms with Gasteiger partial charge in [-0.25, -0.2) is 4.68 Å². The molecule has 1 aromatic heterocycles. The van der Waals surface area contributed by atoms with Crippen molar-refractivity contribution in [3.05, 3.63) is 48.2 Å². The van der Waals surface area contributed by atoms with Crippen LogP contribution < -0.4 is 10.2 Å². The highest BCUT2D eigenvalue weighted by molar-refractivity contribution is 5.90. The Labute approximate surface area is 137 Å². The fourth-order valence-corrected chi connectivity index (χ4v) is 3.32. The number of rotatable bonds is 6. The van der Waals surface area contributed by atoms with E-state index in [1.54, 1.807) is 6.20 Å². The number of hydrogen-bond acceptors (Lipinski definition) is 2. The Morgan fingerprint density at radius 3 is 2.74 bits per heavy atom. The third-order valence-electron chi connectivity index (χ3n) is 4.42. The highest BCUT2D eigenvalue weighted by atomic mass is 16.2. The van der Waals surface area contributed by atoms with Gasteiger partial charge in [-0.1, -0.05) is 43.2 Å². The number of likely N-dealkylation sites (N-methyl/N-ethyl adjacent to an activating group) is 1. The van der Waals surface area contributed by atoms with Gasteiger partial charge in [0, 0.05) is 11.6 Å². The van der Waals surface area contributed by atoms with Crippen molar-refractivity contribution >= 4 is 11.7 Å². The van der Waals surface area contributed by atoms with Gasteiger partial charge in [0.15, 0.2) is 6.54 Å². The Balaban J connectivity index is 1.54. The topological polar surface area (TPSA) is 51.4 Å². The minimum absolute atomic E-state index is 0.0400. The Hall–Kier alpha value is -2.14. The molecule has 2 aromatic rings. The average molecular weight is 313 g/mol. The minimum atomic E-state index is 0.0400. The van der Waals surface area contributed by atoms with E-state index in [0.29, 0.717) is 12.6 Å². The quantitative estimate of drug-likeness (QED) is 0.852. The standard InChI is InChI=1S/C18H24N4O/c1-21(13-15-7-3-2-4-8-15)14-18(23)20-17-11-12-19-22(17)16-9-5-6-10-16/h2-4,7-8,11-12,16H,5-6,9-10,13-14H2,1H3,(H,20,23)/p+1. The monoisotopic (exact) mass is 313 g/mol. The SMILES string of the molecule is C[NH+](CC(=O)Nc1ccnn1C1CCCC1)Cc1ccccc1. The maximum absolute atomic E-state index is 12.3. The normalized spacial score (nSPS) is 16.4. The van der Waals surface area contributed by atoms with E-state index >= 15 is 0 Å². The van der Waals surface area contributed by atoms with E-state index in [9.17, 15) is 4.79 Å². The van der Waals surface area contributed by atoms with Gasteiger partial charge in [0.25, 0.3) is 5.91 Å². The first-order chi connectivity index (χ1) is 11.2. The lowest BCUT2D eigenvalue weighted by atomic mass is 10.2. The van der Waals surface area contributed by atoms with E-state index in [0.717, 1.165) is 25.2 Å². The fourth-order valence-electron chi connectivity index (χ4n) is 3.32. The van der Waals surface area contributed by atoms with Gasteiger partial charge in [0.05, 0.1) is 19.3 Å². The number of quaternary nitrogens is 1. The molecule has 0 aliphatic heterocycles. The van der Waals surface area contributed by atoms with Crippen molar-refractivity contribution in [2.45, 2.75) is 38.3 Å². The van der Waals surface area contributed by atoms with Gasteiger partial charge in [0.1, 0.15) is 12.4 Å². The van der Waals surface area contributed by atoms with Crippen LogP contribution in [0.4, 0.5) is 5.82 Å². The summed E-state index contributed by atoms with van der Waals surface area (Å²) in [5.74, 6) is 0.868. The van der Waals surface area contributed by atoms with Crippen molar-refractivity contribution in [1.82, 2.24) is 9.78 Å². The van der Waals surface area contributed by atoms with Gasteiger partial charge in [-0.3, -0.25) is 4.79 Å². The first-order valence-electron chi connectivity index (χ1n) is 8.41. The number of nitrogens with zero attached hydrogens (tertiary/aromatic N) is 2. The van der Waals surface area contributed by atoms with Crippen LogP contribution in [-0.4, -0.2) is 29.3 Å². The third-order valence-corrected chi connectivity index (χ3v) is 4.42. The molecule has 1 aliphatic carbocycles. The lowest BCUT2D eigenvalue weighted by Gasteiger charge is -2.16. The number of anilines is 1. The summed E-state index contributed by atoms with van der Waals surface area (Å²) in [5.41, 5.74) is 1.24. The number of nitrogens with one attached hydrogen (secondary N) is 2. The lowest BCUT2D eigenvalue weighted by molar-refractivity contribution is -0.885. The molecular weight excluding hydrogens is 288 g/mol. The zero-order chi connectivity index (χ0) is 16.1. The summed E-state index contributed by atoms with van der Waals surface area (Å²) < 4.78 is 1.98. The maximum Gasteiger partial charge on any atom is 0.280 e. The molecule has 1 atom stereocenters. The Morgan fingerprint density at radius 2 is 2.00 bits per heavy atom. The van der Waals surface area contributed by atoms with Gasteiger partial charge in [-0.05, 0) is 12.8 Å². The molecule has 5 nitrogen and oxygen atoms in total. The van der Waals surface area contributed by atoms with Crippen molar-refractivity contribution in [2.75, 3.05) is 18.9 Å². The molecule has 0 saturated heterocycles. The van der Waals surface area contributed by atoms with Crippen LogP contribution >= 0.6 is 0 Å². The second-order valence-corrected chi connectivity index (χ2v) is 6.44. The molecule has 2 N–H and O–H groups in total. The van der Waals surface area contributed by atoms with Crippen LogP contribution in [-0.2, 0) is 11.3 Å². The van der Waals surface area contributed by atoms with Crippen LogP contribution in [0.1, 0.15) is 37.3 Å². The molecule has 0 spiro atoms. The summed E-state index contributed by atoms with van der Waals surface area (Å²) in [4.78, 5) is 13.5. The number of carbonyl (C=O) groups excluding carboxylic acids is 1. The molecule has 1 aliphatic rings.